The molecule has 1 aromatic carbocycles. The van der Waals surface area contributed by atoms with Gasteiger partial charge in [-0.15, -0.1) is 0 Å². The van der Waals surface area contributed by atoms with E-state index in [0.717, 1.165) is 24.5 Å². The van der Waals surface area contributed by atoms with Gasteiger partial charge < -0.3 is 30.4 Å². The number of likely N-dealkylation sites (N-methyl/N-ethyl adjacent to an activating group) is 1. The molecule has 0 radical (unpaired) electrons. The lowest BCUT2D eigenvalue weighted by atomic mass is 10.0. The van der Waals surface area contributed by atoms with Crippen LogP contribution in [-0.2, 0) is 14.3 Å². The van der Waals surface area contributed by atoms with Crippen LogP contribution in [0.15, 0.2) is 18.2 Å². The Bertz CT molecular complexity index is 1200. The maximum absolute atomic E-state index is 14.2. The van der Waals surface area contributed by atoms with Gasteiger partial charge in [0.2, 0.25) is 0 Å². The van der Waals surface area contributed by atoms with E-state index in [2.05, 4.69) is 29.0 Å². The molecule has 0 saturated heterocycles. The topological polar surface area (TPSA) is 130 Å². The zero-order valence-electron chi connectivity index (χ0n) is 22.4. The largest absolute Gasteiger partial charge is 0.446 e. The van der Waals surface area contributed by atoms with Gasteiger partial charge in [0.1, 0.15) is 12.4 Å². The second-order valence-corrected chi connectivity index (χ2v) is 8.82. The van der Waals surface area contributed by atoms with Crippen molar-refractivity contribution in [2.75, 3.05) is 57.4 Å². The highest BCUT2D eigenvalue weighted by atomic mass is 19.1. The van der Waals surface area contributed by atoms with Crippen LogP contribution in [0.3, 0.4) is 0 Å². The molecule has 2 heterocycles. The van der Waals surface area contributed by atoms with Crippen LogP contribution in [0, 0.1) is 19.7 Å². The number of anilines is 1. The van der Waals surface area contributed by atoms with Crippen molar-refractivity contribution in [3.05, 3.63) is 52.1 Å². The Morgan fingerprint density at radius 2 is 1.92 bits per heavy atom. The van der Waals surface area contributed by atoms with E-state index < -0.39 is 17.8 Å². The number of nitrogens with two attached hydrogens (primary N) is 1. The van der Waals surface area contributed by atoms with Gasteiger partial charge in [-0.05, 0) is 56.8 Å². The fraction of sp³-hybridized carbons (Fsp3) is 0.444. The number of hydrogen-bond donors (Lipinski definition) is 3. The first-order valence-corrected chi connectivity index (χ1v) is 12.7. The molecule has 2 aromatic rings. The molecule has 3 amide bonds. The predicted octanol–water partition coefficient (Wildman–Crippen LogP) is 2.84. The van der Waals surface area contributed by atoms with Crippen LogP contribution in [0.25, 0.3) is 11.6 Å². The van der Waals surface area contributed by atoms with Gasteiger partial charge in [-0.3, -0.25) is 9.59 Å². The van der Waals surface area contributed by atoms with Crippen molar-refractivity contribution in [2.24, 2.45) is 5.73 Å². The van der Waals surface area contributed by atoms with Crippen LogP contribution >= 0.6 is 0 Å². The Morgan fingerprint density at radius 1 is 1.18 bits per heavy atom. The maximum atomic E-state index is 14.2. The minimum absolute atomic E-state index is 0.0696. The molecule has 0 spiro atoms. The zero-order chi connectivity index (χ0) is 27.8. The number of fused-ring (bicyclic) bond motifs is 1. The number of imide groups is 1. The van der Waals surface area contributed by atoms with Gasteiger partial charge in [-0.2, -0.15) is 0 Å². The summed E-state index contributed by atoms with van der Waals surface area (Å²) < 4.78 is 24.6. The number of amides is 3. The Kier molecular flexibility index (Phi) is 10.2. The van der Waals surface area contributed by atoms with E-state index in [4.69, 9.17) is 15.2 Å². The summed E-state index contributed by atoms with van der Waals surface area (Å²) in [5, 5.41) is 2.95. The summed E-state index contributed by atoms with van der Waals surface area (Å²) in [5.74, 6) is -1.44. The SMILES string of the molecule is CCN(CC)CCNC(=O)c1c(C)[nH]c(C=C2C(=O)N(C(=O)OCCOCCN)c3ccc(F)cc32)c1C. The van der Waals surface area contributed by atoms with Gasteiger partial charge in [0, 0.05) is 36.6 Å². The third kappa shape index (κ3) is 6.47. The number of hydrogen-bond acceptors (Lipinski definition) is 7. The van der Waals surface area contributed by atoms with E-state index in [1.165, 1.54) is 24.3 Å². The highest BCUT2D eigenvalue weighted by Crippen LogP contribution is 2.39. The van der Waals surface area contributed by atoms with Crippen LogP contribution < -0.4 is 16.0 Å². The van der Waals surface area contributed by atoms with Crippen molar-refractivity contribution in [3.63, 3.8) is 0 Å². The lowest BCUT2D eigenvalue weighted by Crippen LogP contribution is -2.35. The number of carbonyl (C=O) groups excluding carboxylic acids is 3. The lowest BCUT2D eigenvalue weighted by Gasteiger charge is -2.18. The fourth-order valence-corrected chi connectivity index (χ4v) is 4.38. The molecule has 38 heavy (non-hydrogen) atoms. The number of ether oxygens (including phenoxy) is 2. The number of nitrogens with one attached hydrogen (secondary N) is 2. The number of aromatic nitrogens is 1. The van der Waals surface area contributed by atoms with Crippen molar-refractivity contribution in [3.8, 4) is 0 Å². The molecule has 11 heteroatoms. The van der Waals surface area contributed by atoms with Crippen molar-refractivity contribution in [1.82, 2.24) is 15.2 Å². The zero-order valence-corrected chi connectivity index (χ0v) is 22.4. The van der Waals surface area contributed by atoms with Gasteiger partial charge >= 0.3 is 6.09 Å². The summed E-state index contributed by atoms with van der Waals surface area (Å²) in [6, 6.07) is 3.73. The first-order chi connectivity index (χ1) is 18.2. The first-order valence-electron chi connectivity index (χ1n) is 12.7. The van der Waals surface area contributed by atoms with E-state index in [-0.39, 0.29) is 35.9 Å². The number of carbonyl (C=O) groups is 3. The van der Waals surface area contributed by atoms with Crippen molar-refractivity contribution >= 4 is 35.2 Å². The molecule has 1 aromatic heterocycles. The van der Waals surface area contributed by atoms with Gasteiger partial charge in [0.25, 0.3) is 11.8 Å². The third-order valence-corrected chi connectivity index (χ3v) is 6.42. The number of nitrogens with zero attached hydrogens (tertiary/aromatic N) is 2. The van der Waals surface area contributed by atoms with Gasteiger partial charge in [0.15, 0.2) is 0 Å². The maximum Gasteiger partial charge on any atom is 0.421 e. The first kappa shape index (κ1) is 29.0. The van der Waals surface area contributed by atoms with Gasteiger partial charge in [-0.1, -0.05) is 13.8 Å². The molecule has 0 atom stereocenters. The molecule has 4 N–H and O–H groups in total. The number of aryl methyl sites for hydroxylation is 1. The molecule has 1 aliphatic rings. The number of aromatic amines is 1. The fourth-order valence-electron chi connectivity index (χ4n) is 4.38. The van der Waals surface area contributed by atoms with E-state index >= 15 is 0 Å². The van der Waals surface area contributed by atoms with Gasteiger partial charge in [0.05, 0.1) is 30.0 Å². The Morgan fingerprint density at radius 3 is 2.61 bits per heavy atom. The van der Waals surface area contributed by atoms with Crippen molar-refractivity contribution in [2.45, 2.75) is 27.7 Å². The van der Waals surface area contributed by atoms with Crippen molar-refractivity contribution < 1.29 is 28.2 Å². The van der Waals surface area contributed by atoms with Crippen LogP contribution in [0.5, 0.6) is 0 Å². The second kappa shape index (κ2) is 13.3. The molecule has 1 aliphatic heterocycles. The summed E-state index contributed by atoms with van der Waals surface area (Å²) in [5.41, 5.74) is 8.20. The van der Waals surface area contributed by atoms with E-state index in [1.807, 2.05) is 0 Å². The Hall–Kier alpha value is -3.54. The van der Waals surface area contributed by atoms with E-state index in [9.17, 15) is 18.8 Å². The highest BCUT2D eigenvalue weighted by Gasteiger charge is 2.38. The Labute approximate surface area is 221 Å². The third-order valence-electron chi connectivity index (χ3n) is 6.42. The standard InChI is InChI=1S/C27H36FN5O5/c1-5-32(6-2)11-10-30-25(34)24-17(3)22(31-18(24)4)16-21-20-15-19(28)7-8-23(20)33(26(21)35)27(36)38-14-13-37-12-9-29/h7-8,15-16,31H,5-6,9-14,29H2,1-4H3,(H,30,34). The minimum atomic E-state index is -0.893. The van der Waals surface area contributed by atoms with Gasteiger partial charge in [-0.25, -0.2) is 14.1 Å². The number of H-pyrrole nitrogens is 1. The van der Waals surface area contributed by atoms with Crippen LogP contribution in [-0.4, -0.2) is 80.3 Å². The van der Waals surface area contributed by atoms with Crippen molar-refractivity contribution in [1.29, 1.82) is 0 Å². The normalized spacial score (nSPS) is 13.9. The molecular formula is C27H36FN5O5. The minimum Gasteiger partial charge on any atom is -0.446 e. The summed E-state index contributed by atoms with van der Waals surface area (Å²) in [7, 11) is 0. The quantitative estimate of drug-likeness (QED) is 0.285. The molecule has 206 valence electrons. The summed E-state index contributed by atoms with van der Waals surface area (Å²) in [4.78, 5) is 45.3. The summed E-state index contributed by atoms with van der Waals surface area (Å²) in [6.07, 6.45) is 0.642. The number of rotatable bonds is 12. The monoisotopic (exact) mass is 529 g/mol. The summed E-state index contributed by atoms with van der Waals surface area (Å²) in [6.45, 7) is 11.4. The molecule has 0 bridgehead atoms. The lowest BCUT2D eigenvalue weighted by molar-refractivity contribution is -0.112. The number of benzene rings is 1. The summed E-state index contributed by atoms with van der Waals surface area (Å²) >= 11 is 0. The molecular weight excluding hydrogens is 493 g/mol. The molecule has 0 saturated carbocycles. The molecule has 0 fully saturated rings. The molecule has 0 aliphatic carbocycles. The predicted molar refractivity (Wildman–Crippen MR) is 143 cm³/mol. The molecule has 3 rings (SSSR count). The van der Waals surface area contributed by atoms with E-state index in [1.54, 1.807) is 13.8 Å². The highest BCUT2D eigenvalue weighted by molar-refractivity contribution is 6.41. The Balaban J connectivity index is 1.84. The average Bonchev–Trinajstić information content (AvgIpc) is 3.33. The molecule has 10 nitrogen and oxygen atoms in total. The van der Waals surface area contributed by atoms with E-state index in [0.29, 0.717) is 42.2 Å². The van der Waals surface area contributed by atoms with Crippen LogP contribution in [0.2, 0.25) is 0 Å². The number of halogens is 1. The second-order valence-electron chi connectivity index (χ2n) is 8.82. The van der Waals surface area contributed by atoms with Crippen LogP contribution in [0.1, 0.15) is 46.7 Å². The average molecular weight is 530 g/mol. The smallest absolute Gasteiger partial charge is 0.421 e. The molecule has 0 unspecified atom stereocenters. The van der Waals surface area contributed by atoms with Crippen LogP contribution in [0.4, 0.5) is 14.9 Å².